The Morgan fingerprint density at radius 1 is 1.38 bits per heavy atom. The van der Waals surface area contributed by atoms with E-state index in [2.05, 4.69) is 29.5 Å². The molecule has 1 aromatic carbocycles. The van der Waals surface area contributed by atoms with E-state index >= 15 is 0 Å². The lowest BCUT2D eigenvalue weighted by molar-refractivity contribution is -0.115. The van der Waals surface area contributed by atoms with Crippen LogP contribution in [0.3, 0.4) is 0 Å². The van der Waals surface area contributed by atoms with Gasteiger partial charge in [-0.05, 0) is 38.9 Å². The first-order valence-corrected chi connectivity index (χ1v) is 7.15. The molecule has 116 valence electrons. The van der Waals surface area contributed by atoms with Crippen molar-refractivity contribution in [2.45, 2.75) is 31.8 Å². The molecule has 2 N–H and O–H groups in total. The van der Waals surface area contributed by atoms with E-state index in [1.807, 2.05) is 0 Å². The minimum absolute atomic E-state index is 0.0244. The van der Waals surface area contributed by atoms with Gasteiger partial charge in [0.05, 0.1) is 6.54 Å². The number of hydrogen-bond acceptors (Lipinski definition) is 3. The van der Waals surface area contributed by atoms with Gasteiger partial charge in [-0.25, -0.2) is 8.78 Å². The molecule has 0 bridgehead atoms. The van der Waals surface area contributed by atoms with Gasteiger partial charge in [0.2, 0.25) is 5.91 Å². The Balaban J connectivity index is 1.74. The Hall–Kier alpha value is -1.53. The second kappa shape index (κ2) is 6.95. The maximum atomic E-state index is 13.4. The highest BCUT2D eigenvalue weighted by Crippen LogP contribution is 2.26. The third kappa shape index (κ3) is 4.47. The standard InChI is InChI=1S/C15H21F2N3O/c1-10(20(2)11-6-7-11)8-18-9-14(21)19-15-12(16)4-3-5-13(15)17/h3-5,10-11,18H,6-9H2,1-2H3,(H,19,21). The molecule has 0 aliphatic heterocycles. The number of carbonyl (C=O) groups is 1. The van der Waals surface area contributed by atoms with Gasteiger partial charge in [-0.2, -0.15) is 0 Å². The summed E-state index contributed by atoms with van der Waals surface area (Å²) in [7, 11) is 2.07. The second-order valence-corrected chi connectivity index (χ2v) is 5.52. The predicted molar refractivity (Wildman–Crippen MR) is 78.1 cm³/mol. The molecule has 21 heavy (non-hydrogen) atoms. The highest BCUT2D eigenvalue weighted by atomic mass is 19.1. The molecule has 0 saturated heterocycles. The van der Waals surface area contributed by atoms with Crippen molar-refractivity contribution in [3.8, 4) is 0 Å². The first kappa shape index (κ1) is 15.9. The Labute approximate surface area is 123 Å². The van der Waals surface area contributed by atoms with Gasteiger partial charge in [0.25, 0.3) is 0 Å². The average Bonchev–Trinajstić information content (AvgIpc) is 3.26. The molecular weight excluding hydrogens is 276 g/mol. The van der Waals surface area contributed by atoms with Crippen molar-refractivity contribution in [1.29, 1.82) is 0 Å². The van der Waals surface area contributed by atoms with E-state index in [9.17, 15) is 13.6 Å². The van der Waals surface area contributed by atoms with Gasteiger partial charge in [-0.1, -0.05) is 6.07 Å². The Bertz CT molecular complexity index is 485. The zero-order chi connectivity index (χ0) is 15.4. The molecule has 1 aliphatic carbocycles. The minimum Gasteiger partial charge on any atom is -0.320 e. The minimum atomic E-state index is -0.773. The van der Waals surface area contributed by atoms with Crippen LogP contribution in [0.1, 0.15) is 19.8 Å². The van der Waals surface area contributed by atoms with Crippen LogP contribution in [0.5, 0.6) is 0 Å². The van der Waals surface area contributed by atoms with Crippen LogP contribution in [0.15, 0.2) is 18.2 Å². The summed E-state index contributed by atoms with van der Waals surface area (Å²) in [6, 6.07) is 4.45. The van der Waals surface area contributed by atoms with Gasteiger partial charge < -0.3 is 10.6 Å². The average molecular weight is 297 g/mol. The number of nitrogens with zero attached hydrogens (tertiary/aromatic N) is 1. The first-order valence-electron chi connectivity index (χ1n) is 7.15. The van der Waals surface area contributed by atoms with E-state index in [1.165, 1.54) is 18.9 Å². The quantitative estimate of drug-likeness (QED) is 0.809. The van der Waals surface area contributed by atoms with Gasteiger partial charge in [-0.3, -0.25) is 9.69 Å². The molecular formula is C15H21F2N3O. The van der Waals surface area contributed by atoms with Gasteiger partial charge >= 0.3 is 0 Å². The summed E-state index contributed by atoms with van der Waals surface area (Å²) in [5.74, 6) is -2.00. The molecule has 0 radical (unpaired) electrons. The van der Waals surface area contributed by atoms with Gasteiger partial charge in [0.1, 0.15) is 17.3 Å². The summed E-state index contributed by atoms with van der Waals surface area (Å²) >= 11 is 0. The molecule has 2 rings (SSSR count). The monoisotopic (exact) mass is 297 g/mol. The van der Waals surface area contributed by atoms with Crippen LogP contribution in [-0.4, -0.2) is 43.0 Å². The van der Waals surface area contributed by atoms with E-state index in [0.29, 0.717) is 18.6 Å². The summed E-state index contributed by atoms with van der Waals surface area (Å²) in [4.78, 5) is 14.0. The van der Waals surface area contributed by atoms with E-state index < -0.39 is 23.2 Å². The zero-order valence-electron chi connectivity index (χ0n) is 12.3. The third-order valence-corrected chi connectivity index (χ3v) is 3.77. The highest BCUT2D eigenvalue weighted by molar-refractivity contribution is 5.92. The molecule has 0 heterocycles. The van der Waals surface area contributed by atoms with Crippen LogP contribution < -0.4 is 10.6 Å². The fraction of sp³-hybridized carbons (Fsp3) is 0.533. The van der Waals surface area contributed by atoms with Gasteiger partial charge in [0.15, 0.2) is 0 Å². The van der Waals surface area contributed by atoms with Gasteiger partial charge in [0, 0.05) is 18.6 Å². The van der Waals surface area contributed by atoms with E-state index in [0.717, 1.165) is 12.1 Å². The maximum Gasteiger partial charge on any atom is 0.238 e. The molecule has 1 aromatic rings. The Morgan fingerprint density at radius 3 is 2.57 bits per heavy atom. The largest absolute Gasteiger partial charge is 0.320 e. The summed E-state index contributed by atoms with van der Waals surface area (Å²) < 4.78 is 26.8. The number of nitrogens with one attached hydrogen (secondary N) is 2. The van der Waals surface area contributed by atoms with Crippen molar-refractivity contribution in [3.63, 3.8) is 0 Å². The fourth-order valence-corrected chi connectivity index (χ4v) is 2.18. The smallest absolute Gasteiger partial charge is 0.238 e. The topological polar surface area (TPSA) is 44.4 Å². The predicted octanol–water partition coefficient (Wildman–Crippen LogP) is 1.98. The van der Waals surface area contributed by atoms with Crippen LogP contribution in [0.25, 0.3) is 0 Å². The molecule has 1 fully saturated rings. The summed E-state index contributed by atoms with van der Waals surface area (Å²) in [6.45, 7) is 2.76. The fourth-order valence-electron chi connectivity index (χ4n) is 2.18. The molecule has 4 nitrogen and oxygen atoms in total. The molecule has 1 atom stereocenters. The van der Waals surface area contributed by atoms with E-state index in [4.69, 9.17) is 0 Å². The van der Waals surface area contributed by atoms with Crippen molar-refractivity contribution >= 4 is 11.6 Å². The normalized spacial score (nSPS) is 16.0. The summed E-state index contributed by atoms with van der Waals surface area (Å²) in [6.07, 6.45) is 2.46. The molecule has 1 unspecified atom stereocenters. The number of hydrogen-bond donors (Lipinski definition) is 2. The maximum absolute atomic E-state index is 13.4. The second-order valence-electron chi connectivity index (χ2n) is 5.52. The lowest BCUT2D eigenvalue weighted by Crippen LogP contribution is -2.41. The van der Waals surface area contributed by atoms with E-state index in [-0.39, 0.29) is 6.54 Å². The van der Waals surface area contributed by atoms with Crippen LogP contribution in [0.4, 0.5) is 14.5 Å². The number of benzene rings is 1. The van der Waals surface area contributed by atoms with Crippen molar-refractivity contribution < 1.29 is 13.6 Å². The number of para-hydroxylation sites is 1. The molecule has 1 aliphatic rings. The summed E-state index contributed by atoms with van der Waals surface area (Å²) in [5.41, 5.74) is -0.396. The molecule has 1 amide bonds. The van der Waals surface area contributed by atoms with Crippen LogP contribution in [0.2, 0.25) is 0 Å². The van der Waals surface area contributed by atoms with Crippen LogP contribution in [-0.2, 0) is 4.79 Å². The Kier molecular flexibility index (Phi) is 5.25. The highest BCUT2D eigenvalue weighted by Gasteiger charge is 2.28. The molecule has 6 heteroatoms. The van der Waals surface area contributed by atoms with Crippen molar-refractivity contribution in [3.05, 3.63) is 29.8 Å². The van der Waals surface area contributed by atoms with Gasteiger partial charge in [-0.15, -0.1) is 0 Å². The number of likely N-dealkylation sites (N-methyl/N-ethyl adjacent to an activating group) is 1. The number of rotatable bonds is 7. The van der Waals surface area contributed by atoms with Crippen LogP contribution >= 0.6 is 0 Å². The van der Waals surface area contributed by atoms with Crippen molar-refractivity contribution in [2.24, 2.45) is 0 Å². The lowest BCUT2D eigenvalue weighted by Gasteiger charge is -2.24. The first-order chi connectivity index (χ1) is 9.99. The Morgan fingerprint density at radius 2 is 2.00 bits per heavy atom. The van der Waals surface area contributed by atoms with Crippen molar-refractivity contribution in [1.82, 2.24) is 10.2 Å². The lowest BCUT2D eigenvalue weighted by atomic mass is 10.2. The summed E-state index contributed by atoms with van der Waals surface area (Å²) in [5, 5.41) is 5.26. The number of halogens is 2. The SMILES string of the molecule is CC(CNCC(=O)Nc1c(F)cccc1F)N(C)C1CC1. The number of anilines is 1. The molecule has 0 aromatic heterocycles. The molecule has 1 saturated carbocycles. The van der Waals surface area contributed by atoms with Crippen LogP contribution in [0, 0.1) is 11.6 Å². The molecule has 0 spiro atoms. The van der Waals surface area contributed by atoms with Crippen molar-refractivity contribution in [2.75, 3.05) is 25.5 Å². The zero-order valence-corrected chi connectivity index (χ0v) is 12.3. The van der Waals surface area contributed by atoms with E-state index in [1.54, 1.807) is 0 Å². The number of amides is 1. The number of carbonyl (C=O) groups excluding carboxylic acids is 1. The third-order valence-electron chi connectivity index (χ3n) is 3.77.